The van der Waals surface area contributed by atoms with Gasteiger partial charge in [0.05, 0.1) is 0 Å². The Labute approximate surface area is 173 Å². The van der Waals surface area contributed by atoms with Gasteiger partial charge in [-0.3, -0.25) is 0 Å². The molecular weight excluding hydrogens is 336 g/mol. The van der Waals surface area contributed by atoms with Crippen LogP contribution in [0.4, 0.5) is 0 Å². The van der Waals surface area contributed by atoms with Crippen molar-refractivity contribution >= 4 is 22.3 Å². The second-order valence-corrected chi connectivity index (χ2v) is 12.9. The van der Waals surface area contributed by atoms with Gasteiger partial charge in [-0.1, -0.05) is 95.2 Å². The maximum Gasteiger partial charge on any atom is -0.0126 e. The van der Waals surface area contributed by atoms with Crippen LogP contribution in [-0.2, 0) is 0 Å². The third-order valence-electron chi connectivity index (χ3n) is 6.13. The van der Waals surface area contributed by atoms with E-state index < -0.39 is 0 Å². The van der Waals surface area contributed by atoms with Crippen molar-refractivity contribution in [3.63, 3.8) is 0 Å². The number of hydrogen-bond donors (Lipinski definition) is 0. The number of fused-ring (bicyclic) bond motifs is 2. The Morgan fingerprint density at radius 2 is 0.714 bits per heavy atom. The van der Waals surface area contributed by atoms with Crippen LogP contribution in [0.25, 0.3) is 22.3 Å². The van der Waals surface area contributed by atoms with Gasteiger partial charge in [0.15, 0.2) is 0 Å². The molecule has 28 heavy (non-hydrogen) atoms. The first-order valence-corrected chi connectivity index (χ1v) is 10.8. The molecule has 0 spiro atoms. The number of allylic oxidation sites excluding steroid dienone is 4. The molecule has 0 heterocycles. The van der Waals surface area contributed by atoms with E-state index in [1.54, 1.807) is 0 Å². The molecule has 0 aromatic heterocycles. The summed E-state index contributed by atoms with van der Waals surface area (Å²) in [7, 11) is 0. The second kappa shape index (κ2) is 5.97. The lowest BCUT2D eigenvalue weighted by molar-refractivity contribution is 0.561. The molecule has 2 aliphatic carbocycles. The van der Waals surface area contributed by atoms with Crippen LogP contribution < -0.4 is 10.4 Å². The summed E-state index contributed by atoms with van der Waals surface area (Å²) in [6.45, 7) is 28.1. The van der Waals surface area contributed by atoms with Gasteiger partial charge in [0.2, 0.25) is 0 Å². The highest BCUT2D eigenvalue weighted by molar-refractivity contribution is 5.92. The Balaban J connectivity index is 2.47. The Morgan fingerprint density at radius 3 is 0.929 bits per heavy atom. The first kappa shape index (κ1) is 21.2. The van der Waals surface area contributed by atoms with Crippen molar-refractivity contribution in [1.82, 2.24) is 0 Å². The van der Waals surface area contributed by atoms with Crippen molar-refractivity contribution in [3.8, 4) is 0 Å². The fourth-order valence-corrected chi connectivity index (χ4v) is 4.57. The Hall–Kier alpha value is -1.56. The van der Waals surface area contributed by atoms with E-state index >= 15 is 0 Å². The quantitative estimate of drug-likeness (QED) is 0.459. The first-order valence-electron chi connectivity index (χ1n) is 10.8. The minimum atomic E-state index is 0.136. The molecule has 2 aliphatic rings. The maximum absolute atomic E-state index is 2.51. The minimum absolute atomic E-state index is 0.136. The van der Waals surface area contributed by atoms with E-state index in [4.69, 9.17) is 0 Å². The molecule has 3 rings (SSSR count). The zero-order chi connectivity index (χ0) is 21.4. The summed E-state index contributed by atoms with van der Waals surface area (Å²) in [4.78, 5) is 0. The molecule has 0 amide bonds. The number of hydrogen-bond acceptors (Lipinski definition) is 0. The smallest absolute Gasteiger partial charge is 0.0126 e. The predicted molar refractivity (Wildman–Crippen MR) is 126 cm³/mol. The second-order valence-electron chi connectivity index (χ2n) is 12.9. The molecule has 0 atom stereocenters. The van der Waals surface area contributed by atoms with Gasteiger partial charge in [0.1, 0.15) is 0 Å². The van der Waals surface area contributed by atoms with Crippen LogP contribution in [0.1, 0.15) is 94.2 Å². The van der Waals surface area contributed by atoms with Crippen molar-refractivity contribution < 1.29 is 0 Å². The van der Waals surface area contributed by atoms with Crippen molar-refractivity contribution in [3.05, 3.63) is 45.8 Å². The van der Waals surface area contributed by atoms with Gasteiger partial charge in [0, 0.05) is 0 Å². The van der Waals surface area contributed by atoms with Crippen molar-refractivity contribution in [2.75, 3.05) is 0 Å². The van der Waals surface area contributed by atoms with Gasteiger partial charge in [-0.2, -0.15) is 0 Å². The van der Waals surface area contributed by atoms with Crippen LogP contribution in [0.5, 0.6) is 0 Å². The lowest BCUT2D eigenvalue weighted by Crippen LogP contribution is -2.25. The summed E-state index contributed by atoms with van der Waals surface area (Å²) in [6.07, 6.45) is 4.97. The van der Waals surface area contributed by atoms with E-state index in [1.165, 1.54) is 43.9 Å². The highest BCUT2D eigenvalue weighted by Crippen LogP contribution is 2.44. The lowest BCUT2D eigenvalue weighted by atomic mass is 9.81. The molecule has 0 bridgehead atoms. The molecule has 0 heteroatoms. The van der Waals surface area contributed by atoms with Gasteiger partial charge < -0.3 is 0 Å². The number of rotatable bonds is 0. The molecule has 152 valence electrons. The average molecular weight is 377 g/mol. The molecule has 0 aliphatic heterocycles. The minimum Gasteiger partial charge on any atom is -0.0561 e. The van der Waals surface area contributed by atoms with Crippen LogP contribution in [0.2, 0.25) is 0 Å². The Kier molecular flexibility index (Phi) is 4.51. The molecule has 0 saturated carbocycles. The summed E-state index contributed by atoms with van der Waals surface area (Å²) in [5.74, 6) is 0. The van der Waals surface area contributed by atoms with Crippen LogP contribution in [0, 0.1) is 21.7 Å². The maximum atomic E-state index is 2.51. The van der Waals surface area contributed by atoms with Gasteiger partial charge in [-0.05, 0) is 77.6 Å². The van der Waals surface area contributed by atoms with E-state index in [0.29, 0.717) is 0 Å². The van der Waals surface area contributed by atoms with E-state index in [0.717, 1.165) is 0 Å². The van der Waals surface area contributed by atoms with Crippen molar-refractivity contribution in [2.45, 2.75) is 83.1 Å². The van der Waals surface area contributed by atoms with Gasteiger partial charge in [0.25, 0.3) is 0 Å². The highest BCUT2D eigenvalue weighted by atomic mass is 14.4. The topological polar surface area (TPSA) is 0 Å². The van der Waals surface area contributed by atoms with Crippen LogP contribution in [0.15, 0.2) is 24.3 Å². The predicted octanol–water partition coefficient (Wildman–Crippen LogP) is 6.97. The molecule has 1 aromatic carbocycles. The SMILES string of the molecule is CC(C)(C)C1=CC(C(C)(C)C)=c2cc3c(cc21)=C(C(C)(C)C)C=C3C(C)(C)C. The Bertz CT molecular complexity index is 922. The van der Waals surface area contributed by atoms with Crippen LogP contribution >= 0.6 is 0 Å². The summed E-state index contributed by atoms with van der Waals surface area (Å²) in [5, 5.41) is 2.89. The molecule has 0 nitrogen and oxygen atoms in total. The molecule has 0 unspecified atom stereocenters. The van der Waals surface area contributed by atoms with Crippen LogP contribution in [-0.4, -0.2) is 0 Å². The molecule has 0 saturated heterocycles. The standard InChI is InChI=1S/C28H40/c1-25(2,3)21-15-22(26(4,5)6)18-14-20-19(13-17(18)21)23(27(7,8)9)16-24(20)28(10,11)12/h13-16H,1-12H3. The average Bonchev–Trinajstić information content (AvgIpc) is 3.00. The van der Waals surface area contributed by atoms with E-state index in [-0.39, 0.29) is 21.7 Å². The zero-order valence-electron chi connectivity index (χ0n) is 20.3. The summed E-state index contributed by atoms with van der Waals surface area (Å²) >= 11 is 0. The van der Waals surface area contributed by atoms with E-state index in [9.17, 15) is 0 Å². The monoisotopic (exact) mass is 376 g/mol. The lowest BCUT2D eigenvalue weighted by Gasteiger charge is -2.23. The van der Waals surface area contributed by atoms with E-state index in [1.807, 2.05) is 0 Å². The largest absolute Gasteiger partial charge is 0.0561 e. The van der Waals surface area contributed by atoms with E-state index in [2.05, 4.69) is 107 Å². The summed E-state index contributed by atoms with van der Waals surface area (Å²) in [6, 6.07) is 5.02. The highest BCUT2D eigenvalue weighted by Gasteiger charge is 2.33. The molecule has 1 aromatic rings. The van der Waals surface area contributed by atoms with Crippen LogP contribution in [0.3, 0.4) is 0 Å². The molecular formula is C28H40. The molecule has 0 radical (unpaired) electrons. The van der Waals surface area contributed by atoms with Gasteiger partial charge >= 0.3 is 0 Å². The van der Waals surface area contributed by atoms with Gasteiger partial charge in [-0.25, -0.2) is 0 Å². The third kappa shape index (κ3) is 3.44. The fraction of sp³-hybridized carbons (Fsp3) is 0.571. The van der Waals surface area contributed by atoms with Gasteiger partial charge in [-0.15, -0.1) is 0 Å². The Morgan fingerprint density at radius 1 is 0.429 bits per heavy atom. The molecule has 0 N–H and O–H groups in total. The summed E-state index contributed by atoms with van der Waals surface area (Å²) in [5.41, 5.74) is 9.35. The molecule has 0 fully saturated rings. The normalized spacial score (nSPS) is 17.6. The van der Waals surface area contributed by atoms with Crippen molar-refractivity contribution in [2.24, 2.45) is 21.7 Å². The third-order valence-corrected chi connectivity index (χ3v) is 6.13. The zero-order valence-corrected chi connectivity index (χ0v) is 20.3. The number of benzene rings is 1. The fourth-order valence-electron chi connectivity index (χ4n) is 4.57. The van der Waals surface area contributed by atoms with Crippen molar-refractivity contribution in [1.29, 1.82) is 0 Å². The first-order chi connectivity index (χ1) is 12.4. The summed E-state index contributed by atoms with van der Waals surface area (Å²) < 4.78 is 0.